The van der Waals surface area contributed by atoms with Gasteiger partial charge >= 0.3 is 0 Å². The third-order valence-electron chi connectivity index (χ3n) is 5.89. The Kier molecular flexibility index (Phi) is 7.26. The van der Waals surface area contributed by atoms with Crippen molar-refractivity contribution in [3.05, 3.63) is 48.0 Å². The Morgan fingerprint density at radius 2 is 1.88 bits per heavy atom. The number of nitrogens with zero attached hydrogens (tertiary/aromatic N) is 4. The van der Waals surface area contributed by atoms with Crippen molar-refractivity contribution in [2.24, 2.45) is 0 Å². The van der Waals surface area contributed by atoms with Crippen LogP contribution in [0, 0.1) is 11.3 Å². The van der Waals surface area contributed by atoms with Crippen LogP contribution in [0.4, 0.5) is 5.69 Å². The van der Waals surface area contributed by atoms with Crippen LogP contribution in [0.3, 0.4) is 0 Å². The van der Waals surface area contributed by atoms with Crippen molar-refractivity contribution in [2.75, 3.05) is 18.4 Å². The van der Waals surface area contributed by atoms with Gasteiger partial charge < -0.3 is 9.88 Å². The molecule has 8 nitrogen and oxygen atoms in total. The number of aryl methyl sites for hydroxylation is 1. The highest BCUT2D eigenvalue weighted by atomic mass is 32.2. The molecule has 0 saturated carbocycles. The summed E-state index contributed by atoms with van der Waals surface area (Å²) in [4.78, 5) is 17.7. The Morgan fingerprint density at radius 1 is 1.18 bits per heavy atom. The van der Waals surface area contributed by atoms with Gasteiger partial charge in [-0.15, -0.1) is 0 Å². The number of nitrogens with one attached hydrogen (secondary N) is 1. The van der Waals surface area contributed by atoms with E-state index in [-0.39, 0.29) is 10.8 Å². The first-order valence-corrected chi connectivity index (χ1v) is 13.6. The quantitative estimate of drug-likeness (QED) is 0.490. The Labute approximate surface area is 204 Å². The fourth-order valence-corrected chi connectivity index (χ4v) is 6.51. The maximum atomic E-state index is 13.1. The maximum Gasteiger partial charge on any atom is 0.243 e. The molecule has 1 aliphatic rings. The molecule has 0 aliphatic carbocycles. The molecule has 1 unspecified atom stereocenters. The van der Waals surface area contributed by atoms with Gasteiger partial charge in [0, 0.05) is 25.3 Å². The van der Waals surface area contributed by atoms with Gasteiger partial charge in [0.05, 0.1) is 32.8 Å². The molecule has 1 aromatic heterocycles. The van der Waals surface area contributed by atoms with Crippen molar-refractivity contribution in [1.82, 2.24) is 13.9 Å². The van der Waals surface area contributed by atoms with Gasteiger partial charge in [0.1, 0.15) is 0 Å². The number of carbonyl (C=O) groups excluding carboxylic acids is 1. The molecule has 0 radical (unpaired) electrons. The van der Waals surface area contributed by atoms with E-state index in [1.54, 1.807) is 53.7 Å². The molecule has 10 heteroatoms. The number of fused-ring (bicyclic) bond motifs is 1. The number of hydrogen-bond acceptors (Lipinski definition) is 6. The zero-order valence-electron chi connectivity index (χ0n) is 19.2. The summed E-state index contributed by atoms with van der Waals surface area (Å²) in [5, 5.41) is 12.0. The number of imidazole rings is 1. The Hall–Kier alpha value is -2.87. The van der Waals surface area contributed by atoms with E-state index >= 15 is 0 Å². The number of thioether (sulfide) groups is 1. The van der Waals surface area contributed by atoms with Crippen molar-refractivity contribution in [3.8, 4) is 6.07 Å². The molecule has 0 bridgehead atoms. The summed E-state index contributed by atoms with van der Waals surface area (Å²) in [6, 6.07) is 13.8. The molecule has 3 aromatic rings. The molecule has 4 rings (SSSR count). The van der Waals surface area contributed by atoms with Crippen molar-refractivity contribution in [3.63, 3.8) is 0 Å². The summed E-state index contributed by atoms with van der Waals surface area (Å²) in [7, 11) is -3.55. The second-order valence-electron chi connectivity index (χ2n) is 8.19. The number of nitriles is 1. The Bertz CT molecular complexity index is 1340. The van der Waals surface area contributed by atoms with Gasteiger partial charge in [-0.3, -0.25) is 4.79 Å². The van der Waals surface area contributed by atoms with Crippen molar-refractivity contribution < 1.29 is 13.2 Å². The lowest BCUT2D eigenvalue weighted by Crippen LogP contribution is -2.35. The number of anilines is 1. The maximum absolute atomic E-state index is 13.1. The summed E-state index contributed by atoms with van der Waals surface area (Å²) in [6.45, 7) is 5.54. The third-order valence-corrected chi connectivity index (χ3v) is 8.87. The number of amides is 1. The van der Waals surface area contributed by atoms with Gasteiger partial charge in [-0.05, 0) is 69.2 Å². The van der Waals surface area contributed by atoms with Crippen LogP contribution in [-0.2, 0) is 21.4 Å². The highest BCUT2D eigenvalue weighted by Gasteiger charge is 2.27. The van der Waals surface area contributed by atoms with E-state index < -0.39 is 15.3 Å². The molecule has 178 valence electrons. The lowest BCUT2D eigenvalue weighted by molar-refractivity contribution is -0.115. The van der Waals surface area contributed by atoms with Gasteiger partial charge in [0.2, 0.25) is 15.9 Å². The molecule has 1 atom stereocenters. The molecule has 1 fully saturated rings. The number of carbonyl (C=O) groups is 1. The highest BCUT2D eigenvalue weighted by molar-refractivity contribution is 8.00. The minimum Gasteiger partial charge on any atom is -0.325 e. The molecule has 1 aliphatic heterocycles. The topological polar surface area (TPSA) is 108 Å². The summed E-state index contributed by atoms with van der Waals surface area (Å²) >= 11 is 1.32. The molecule has 2 heterocycles. The second kappa shape index (κ2) is 10.2. The van der Waals surface area contributed by atoms with Crippen LogP contribution < -0.4 is 5.32 Å². The molecular weight excluding hydrogens is 470 g/mol. The van der Waals surface area contributed by atoms with E-state index in [4.69, 9.17) is 5.26 Å². The van der Waals surface area contributed by atoms with Crippen molar-refractivity contribution in [2.45, 2.75) is 55.0 Å². The molecular formula is C24H27N5O3S2. The van der Waals surface area contributed by atoms with E-state index in [1.165, 1.54) is 11.8 Å². The average molecular weight is 498 g/mol. The van der Waals surface area contributed by atoms with E-state index in [0.717, 1.165) is 24.8 Å². The Morgan fingerprint density at radius 3 is 2.53 bits per heavy atom. The van der Waals surface area contributed by atoms with Gasteiger partial charge in [-0.1, -0.05) is 18.2 Å². The number of piperidine rings is 1. The number of hydrogen-bond donors (Lipinski definition) is 1. The van der Waals surface area contributed by atoms with E-state index in [1.807, 2.05) is 11.5 Å². The van der Waals surface area contributed by atoms with Crippen LogP contribution in [-0.4, -0.2) is 46.5 Å². The second-order valence-corrected chi connectivity index (χ2v) is 11.4. The van der Waals surface area contributed by atoms with Crippen LogP contribution in [0.5, 0.6) is 0 Å². The summed E-state index contributed by atoms with van der Waals surface area (Å²) in [5.41, 5.74) is 2.58. The lowest BCUT2D eigenvalue weighted by atomic mass is 10.2. The first-order chi connectivity index (χ1) is 16.3. The Balaban J connectivity index is 1.54. The SMILES string of the molecule is CCn1c(SC(C)C(=O)Nc2ccc(C#N)cc2)nc2cc(S(=O)(=O)N3CCCCC3)ccc21. The standard InChI is InChI=1S/C24H27N5O3S2/c1-3-29-22-12-11-20(34(31,32)28-13-5-4-6-14-28)15-21(22)27-24(29)33-17(2)23(30)26-19-9-7-18(16-25)8-10-19/h7-12,15,17H,3-6,13-14H2,1-2H3,(H,26,30). The number of aromatic nitrogens is 2. The zero-order chi connectivity index (χ0) is 24.3. The predicted molar refractivity (Wildman–Crippen MR) is 133 cm³/mol. The van der Waals surface area contributed by atoms with Crippen molar-refractivity contribution >= 4 is 44.4 Å². The normalized spacial score (nSPS) is 15.7. The number of benzene rings is 2. The zero-order valence-corrected chi connectivity index (χ0v) is 20.8. The number of rotatable bonds is 7. The van der Waals surface area contributed by atoms with Crippen LogP contribution in [0.2, 0.25) is 0 Å². The summed E-state index contributed by atoms with van der Waals surface area (Å²) < 4.78 is 29.7. The highest BCUT2D eigenvalue weighted by Crippen LogP contribution is 2.30. The lowest BCUT2D eigenvalue weighted by Gasteiger charge is -2.25. The van der Waals surface area contributed by atoms with E-state index in [2.05, 4.69) is 16.4 Å². The fraction of sp³-hybridized carbons (Fsp3) is 0.375. The van der Waals surface area contributed by atoms with Crippen LogP contribution >= 0.6 is 11.8 Å². The molecule has 0 spiro atoms. The van der Waals surface area contributed by atoms with Gasteiger partial charge in [0.25, 0.3) is 0 Å². The third kappa shape index (κ3) is 4.97. The van der Waals surface area contributed by atoms with Crippen LogP contribution in [0.15, 0.2) is 52.5 Å². The molecule has 34 heavy (non-hydrogen) atoms. The molecule has 2 aromatic carbocycles. The van der Waals surface area contributed by atoms with Gasteiger partial charge in [0.15, 0.2) is 5.16 Å². The molecule has 1 amide bonds. The monoisotopic (exact) mass is 497 g/mol. The predicted octanol–water partition coefficient (Wildman–Crippen LogP) is 4.22. The molecule has 1 N–H and O–H groups in total. The minimum absolute atomic E-state index is 0.183. The largest absolute Gasteiger partial charge is 0.325 e. The van der Waals surface area contributed by atoms with Gasteiger partial charge in [-0.25, -0.2) is 13.4 Å². The first kappa shape index (κ1) is 24.3. The average Bonchev–Trinajstić information content (AvgIpc) is 3.21. The smallest absolute Gasteiger partial charge is 0.243 e. The van der Waals surface area contributed by atoms with Crippen LogP contribution in [0.25, 0.3) is 11.0 Å². The number of sulfonamides is 1. The van der Waals surface area contributed by atoms with Crippen LogP contribution in [0.1, 0.15) is 38.7 Å². The molecule has 1 saturated heterocycles. The first-order valence-electron chi connectivity index (χ1n) is 11.3. The fourth-order valence-electron chi connectivity index (χ4n) is 3.98. The minimum atomic E-state index is -3.55. The van der Waals surface area contributed by atoms with E-state index in [9.17, 15) is 13.2 Å². The van der Waals surface area contributed by atoms with Gasteiger partial charge in [-0.2, -0.15) is 9.57 Å². The summed E-state index contributed by atoms with van der Waals surface area (Å²) in [6.07, 6.45) is 2.83. The summed E-state index contributed by atoms with van der Waals surface area (Å²) in [5.74, 6) is -0.183. The van der Waals surface area contributed by atoms with E-state index in [0.29, 0.717) is 41.6 Å². The van der Waals surface area contributed by atoms with Crippen molar-refractivity contribution in [1.29, 1.82) is 5.26 Å².